The van der Waals surface area contributed by atoms with Gasteiger partial charge in [-0.3, -0.25) is 4.39 Å². The molecule has 0 amide bonds. The van der Waals surface area contributed by atoms with Gasteiger partial charge < -0.3 is 20.4 Å². The molecule has 13 heavy (non-hydrogen) atoms. The number of aliphatic hydroxyl groups excluding tert-OH is 4. The molecule has 6 heteroatoms. The molecule has 1 unspecified atom stereocenters. The van der Waals surface area contributed by atoms with E-state index in [9.17, 15) is 4.39 Å². The Labute approximate surface area is 80.6 Å². The minimum atomic E-state index is -1.59. The van der Waals surface area contributed by atoms with Gasteiger partial charge >= 0.3 is 0 Å². The second-order valence-corrected chi connectivity index (χ2v) is 2.93. The molecular weight excluding hydrogens is 199 g/mol. The summed E-state index contributed by atoms with van der Waals surface area (Å²) < 4.78 is 11.7. The molecule has 0 spiro atoms. The van der Waals surface area contributed by atoms with Crippen molar-refractivity contribution in [2.75, 3.05) is 6.67 Å². The summed E-state index contributed by atoms with van der Waals surface area (Å²) in [6.07, 6.45) is -6.27. The van der Waals surface area contributed by atoms with Gasteiger partial charge in [-0.05, 0) is 0 Å². The van der Waals surface area contributed by atoms with Crippen molar-refractivity contribution in [2.24, 2.45) is 0 Å². The van der Waals surface area contributed by atoms with E-state index >= 15 is 0 Å². The van der Waals surface area contributed by atoms with E-state index < -0.39 is 31.1 Å². The van der Waals surface area contributed by atoms with Crippen molar-refractivity contribution in [3.63, 3.8) is 0 Å². The summed E-state index contributed by atoms with van der Waals surface area (Å²) in [5, 5.41) is 37.0. The molecule has 4 N–H and O–H groups in total. The highest BCUT2D eigenvalue weighted by Gasteiger charge is 2.28. The summed E-state index contributed by atoms with van der Waals surface area (Å²) >= 11 is 4.32. The fourth-order valence-electron chi connectivity index (χ4n) is 0.793. The van der Waals surface area contributed by atoms with Gasteiger partial charge in [-0.15, -0.1) is 0 Å². The Balaban J connectivity index is 4.06. The first-order valence-corrected chi connectivity index (χ1v) is 4.25. The number of rotatable bonds is 6. The van der Waals surface area contributed by atoms with E-state index in [2.05, 4.69) is 12.2 Å². The van der Waals surface area contributed by atoms with Crippen LogP contribution in [0.2, 0.25) is 0 Å². The first-order valence-electron chi connectivity index (χ1n) is 3.78. The normalized spacial score (nSPS) is 20.4. The number of alkyl halides is 1. The summed E-state index contributed by atoms with van der Waals surface area (Å²) in [6.45, 7) is -0.807. The Morgan fingerprint density at radius 3 is 2.08 bits per heavy atom. The van der Waals surface area contributed by atoms with E-state index in [1.165, 1.54) is 0 Å². The van der Waals surface area contributed by atoms with E-state index in [4.69, 9.17) is 20.4 Å². The molecule has 0 saturated carbocycles. The van der Waals surface area contributed by atoms with E-state index in [0.29, 0.717) is 0 Å². The van der Waals surface area contributed by atoms with Crippen molar-refractivity contribution < 1.29 is 24.8 Å². The van der Waals surface area contributed by atoms with E-state index in [-0.39, 0.29) is 6.42 Å². The molecule has 0 saturated heterocycles. The summed E-state index contributed by atoms with van der Waals surface area (Å²) in [4.78, 5) is 0. The second-order valence-electron chi connectivity index (χ2n) is 2.65. The lowest BCUT2D eigenvalue weighted by Crippen LogP contribution is -2.45. The third kappa shape index (κ3) is 4.06. The van der Waals surface area contributed by atoms with E-state index in [0.717, 1.165) is 5.37 Å². The summed E-state index contributed by atoms with van der Waals surface area (Å²) in [5.41, 5.74) is 0. The maximum absolute atomic E-state index is 11.7. The molecule has 4 nitrogen and oxygen atoms in total. The zero-order valence-corrected chi connectivity index (χ0v) is 7.69. The quantitative estimate of drug-likeness (QED) is 0.415. The Morgan fingerprint density at radius 2 is 1.69 bits per heavy atom. The maximum Gasteiger partial charge on any atom is 0.113 e. The Kier molecular flexibility index (Phi) is 6.27. The fraction of sp³-hybridized carbons (Fsp3) is 0.857. The fourth-order valence-corrected chi connectivity index (χ4v) is 0.954. The van der Waals surface area contributed by atoms with Crippen LogP contribution in [0.15, 0.2) is 0 Å². The molecule has 0 aliphatic rings. The lowest BCUT2D eigenvalue weighted by atomic mass is 10.0. The van der Waals surface area contributed by atoms with Crippen LogP contribution < -0.4 is 0 Å². The van der Waals surface area contributed by atoms with Crippen LogP contribution in [-0.2, 0) is 0 Å². The van der Waals surface area contributed by atoms with Gasteiger partial charge in [-0.1, -0.05) is 12.2 Å². The zero-order valence-electron chi connectivity index (χ0n) is 6.88. The van der Waals surface area contributed by atoms with E-state index in [1.54, 1.807) is 0 Å². The van der Waals surface area contributed by atoms with Crippen LogP contribution in [0.5, 0.6) is 0 Å². The molecule has 0 rings (SSSR count). The van der Waals surface area contributed by atoms with Gasteiger partial charge in [0.25, 0.3) is 0 Å². The lowest BCUT2D eigenvalue weighted by Gasteiger charge is -2.23. The van der Waals surface area contributed by atoms with Crippen LogP contribution in [0.25, 0.3) is 0 Å². The Bertz CT molecular complexity index is 157. The molecule has 0 aliphatic carbocycles. The average molecular weight is 212 g/mol. The monoisotopic (exact) mass is 212 g/mol. The van der Waals surface area contributed by atoms with Crippen molar-refractivity contribution in [1.82, 2.24) is 0 Å². The molecule has 0 aromatic carbocycles. The van der Waals surface area contributed by atoms with Crippen LogP contribution in [0.4, 0.5) is 4.39 Å². The highest BCUT2D eigenvalue weighted by molar-refractivity contribution is 7.79. The van der Waals surface area contributed by atoms with Gasteiger partial charge in [0, 0.05) is 11.8 Å². The first kappa shape index (κ1) is 12.9. The minimum Gasteiger partial charge on any atom is -0.390 e. The molecule has 0 heterocycles. The third-order valence-electron chi connectivity index (χ3n) is 1.64. The molecule has 0 aliphatic heterocycles. The first-order chi connectivity index (χ1) is 6.04. The Hall–Kier alpha value is -0.140. The SMILES string of the molecule is OC(CCF)[C@@H](O)[C@@H](O)[C@@H](O)C=S. The highest BCUT2D eigenvalue weighted by atomic mass is 32.1. The average Bonchev–Trinajstić information content (AvgIpc) is 2.14. The van der Waals surface area contributed by atoms with Gasteiger partial charge in [0.15, 0.2) is 0 Å². The van der Waals surface area contributed by atoms with Crippen LogP contribution in [0.1, 0.15) is 6.42 Å². The van der Waals surface area contributed by atoms with Crippen LogP contribution in [-0.4, -0.2) is 56.9 Å². The molecular formula is C7H13FO4S. The number of aliphatic hydroxyl groups is 4. The number of hydrogen-bond donors (Lipinski definition) is 4. The highest BCUT2D eigenvalue weighted by Crippen LogP contribution is 2.07. The summed E-state index contributed by atoms with van der Waals surface area (Å²) in [6, 6.07) is 0. The van der Waals surface area contributed by atoms with Gasteiger partial charge in [-0.2, -0.15) is 0 Å². The smallest absolute Gasteiger partial charge is 0.113 e. The van der Waals surface area contributed by atoms with Crippen molar-refractivity contribution in [3.8, 4) is 0 Å². The minimum absolute atomic E-state index is 0.289. The van der Waals surface area contributed by atoms with Crippen molar-refractivity contribution in [2.45, 2.75) is 30.8 Å². The Morgan fingerprint density at radius 1 is 1.15 bits per heavy atom. The molecule has 78 valence electrons. The molecule has 0 bridgehead atoms. The number of halogens is 1. The van der Waals surface area contributed by atoms with Gasteiger partial charge in [-0.25, -0.2) is 0 Å². The number of hydrogen-bond acceptors (Lipinski definition) is 5. The topological polar surface area (TPSA) is 80.9 Å². The van der Waals surface area contributed by atoms with Crippen LogP contribution >= 0.6 is 12.2 Å². The lowest BCUT2D eigenvalue weighted by molar-refractivity contribution is -0.0902. The molecule has 0 aromatic heterocycles. The second kappa shape index (κ2) is 6.33. The van der Waals surface area contributed by atoms with E-state index in [1.807, 2.05) is 0 Å². The summed E-state index contributed by atoms with van der Waals surface area (Å²) in [7, 11) is 0. The molecule has 4 atom stereocenters. The van der Waals surface area contributed by atoms with Gasteiger partial charge in [0.05, 0.1) is 12.8 Å². The van der Waals surface area contributed by atoms with Gasteiger partial charge in [0.1, 0.15) is 18.3 Å². The molecule has 0 aromatic rings. The van der Waals surface area contributed by atoms with Gasteiger partial charge in [0.2, 0.25) is 0 Å². The van der Waals surface area contributed by atoms with Crippen LogP contribution in [0.3, 0.4) is 0 Å². The molecule has 0 radical (unpaired) electrons. The largest absolute Gasteiger partial charge is 0.390 e. The zero-order chi connectivity index (χ0) is 10.4. The van der Waals surface area contributed by atoms with Crippen molar-refractivity contribution in [3.05, 3.63) is 0 Å². The van der Waals surface area contributed by atoms with Crippen molar-refractivity contribution >= 4 is 17.6 Å². The molecule has 0 fully saturated rings. The third-order valence-corrected chi connectivity index (χ3v) is 1.92. The summed E-state index contributed by atoms with van der Waals surface area (Å²) in [5.74, 6) is 0. The predicted octanol–water partition coefficient (Wildman–Crippen LogP) is -1.21. The number of thiocarbonyl (C=S) groups is 1. The van der Waals surface area contributed by atoms with Crippen molar-refractivity contribution in [1.29, 1.82) is 0 Å². The van der Waals surface area contributed by atoms with Crippen LogP contribution in [0, 0.1) is 0 Å². The maximum atomic E-state index is 11.7. The standard InChI is InChI=1S/C7H13FO4S/c8-2-1-4(9)6(11)7(12)5(10)3-13/h3-7,9-12H,1-2H2/t4?,5-,6+,7-/m0/s1. The predicted molar refractivity (Wildman–Crippen MR) is 48.3 cm³/mol.